The molecule has 1 aliphatic rings. The lowest BCUT2D eigenvalue weighted by molar-refractivity contribution is 0.122. The quantitative estimate of drug-likeness (QED) is 0.844. The Morgan fingerprint density at radius 1 is 1.25 bits per heavy atom. The number of aromatic nitrogens is 1. The van der Waals surface area contributed by atoms with Crippen LogP contribution in [0.5, 0.6) is 0 Å². The number of anilines is 3. The lowest BCUT2D eigenvalue weighted by atomic mass is 10.1. The van der Waals surface area contributed by atoms with E-state index in [-0.39, 0.29) is 0 Å². The van der Waals surface area contributed by atoms with E-state index in [1.165, 1.54) is 0 Å². The highest BCUT2D eigenvalue weighted by atomic mass is 16.5. The van der Waals surface area contributed by atoms with Crippen LogP contribution in [0.3, 0.4) is 0 Å². The number of nitrogens with two attached hydrogens (primary N) is 1. The molecule has 2 aromatic rings. The molecule has 2 N–H and O–H groups in total. The molecule has 1 aromatic carbocycles. The summed E-state index contributed by atoms with van der Waals surface area (Å²) in [5.41, 5.74) is 8.84. The van der Waals surface area contributed by atoms with Crippen molar-refractivity contribution in [3.8, 4) is 0 Å². The van der Waals surface area contributed by atoms with Gasteiger partial charge in [0.15, 0.2) is 0 Å². The highest BCUT2D eigenvalue weighted by Crippen LogP contribution is 2.31. The molecule has 0 saturated carbocycles. The molecule has 20 heavy (non-hydrogen) atoms. The summed E-state index contributed by atoms with van der Waals surface area (Å²) in [4.78, 5) is 9.12. The van der Waals surface area contributed by atoms with E-state index >= 15 is 0 Å². The summed E-state index contributed by atoms with van der Waals surface area (Å²) >= 11 is 0. The molecule has 106 valence electrons. The Morgan fingerprint density at radius 3 is 2.70 bits per heavy atom. The van der Waals surface area contributed by atoms with E-state index in [9.17, 15) is 0 Å². The van der Waals surface area contributed by atoms with Crippen molar-refractivity contribution >= 4 is 28.1 Å². The predicted molar refractivity (Wildman–Crippen MR) is 83.5 cm³/mol. The van der Waals surface area contributed by atoms with Crippen molar-refractivity contribution in [2.75, 3.05) is 55.9 Å². The fourth-order valence-electron chi connectivity index (χ4n) is 2.56. The van der Waals surface area contributed by atoms with E-state index in [2.05, 4.69) is 21.9 Å². The molecule has 2 heterocycles. The second-order valence-corrected chi connectivity index (χ2v) is 5.24. The normalized spacial score (nSPS) is 15.6. The standard InChI is InChI=1S/C15H20N4O/c1-18(2)13-10-14(19-6-8-20-9-7-19)17-15-11(13)4-3-5-12(15)16/h3-5,10H,6-9,16H2,1-2H3. The van der Waals surface area contributed by atoms with E-state index < -0.39 is 0 Å². The molecule has 0 amide bonds. The maximum Gasteiger partial charge on any atom is 0.131 e. The number of para-hydroxylation sites is 1. The topological polar surface area (TPSA) is 54.6 Å². The minimum atomic E-state index is 0.723. The van der Waals surface area contributed by atoms with E-state index in [4.69, 9.17) is 15.5 Å². The summed E-state index contributed by atoms with van der Waals surface area (Å²) in [6.07, 6.45) is 0. The molecule has 0 spiro atoms. The minimum absolute atomic E-state index is 0.723. The van der Waals surface area contributed by atoms with Crippen LogP contribution < -0.4 is 15.5 Å². The molecule has 0 aliphatic carbocycles. The predicted octanol–water partition coefficient (Wildman–Crippen LogP) is 1.72. The van der Waals surface area contributed by atoms with Gasteiger partial charge in [-0.2, -0.15) is 0 Å². The molecule has 5 nitrogen and oxygen atoms in total. The molecule has 1 aliphatic heterocycles. The fourth-order valence-corrected chi connectivity index (χ4v) is 2.56. The Labute approximate surface area is 118 Å². The number of benzene rings is 1. The number of hydrogen-bond acceptors (Lipinski definition) is 5. The average Bonchev–Trinajstić information content (AvgIpc) is 2.47. The lowest BCUT2D eigenvalue weighted by Crippen LogP contribution is -2.36. The molecular weight excluding hydrogens is 252 g/mol. The van der Waals surface area contributed by atoms with Gasteiger partial charge in [0.25, 0.3) is 0 Å². The summed E-state index contributed by atoms with van der Waals surface area (Å²) in [5.74, 6) is 0.974. The Morgan fingerprint density at radius 2 is 2.00 bits per heavy atom. The van der Waals surface area contributed by atoms with Crippen LogP contribution in [0.2, 0.25) is 0 Å². The number of ether oxygens (including phenoxy) is 1. The van der Waals surface area contributed by atoms with Crippen molar-refractivity contribution in [2.45, 2.75) is 0 Å². The second kappa shape index (κ2) is 5.17. The SMILES string of the molecule is CN(C)c1cc(N2CCOCC2)nc2c(N)cccc12. The van der Waals surface area contributed by atoms with Gasteiger partial charge < -0.3 is 20.3 Å². The van der Waals surface area contributed by atoms with Gasteiger partial charge in [-0.3, -0.25) is 0 Å². The van der Waals surface area contributed by atoms with Crippen LogP contribution in [0.25, 0.3) is 10.9 Å². The molecule has 3 rings (SSSR count). The van der Waals surface area contributed by atoms with Crippen molar-refractivity contribution in [1.29, 1.82) is 0 Å². The van der Waals surface area contributed by atoms with E-state index in [1.54, 1.807) is 0 Å². The van der Waals surface area contributed by atoms with Crippen LogP contribution in [0.15, 0.2) is 24.3 Å². The second-order valence-electron chi connectivity index (χ2n) is 5.24. The monoisotopic (exact) mass is 272 g/mol. The number of pyridine rings is 1. The number of nitrogen functional groups attached to an aromatic ring is 1. The number of nitrogens with zero attached hydrogens (tertiary/aromatic N) is 3. The number of fused-ring (bicyclic) bond motifs is 1. The van der Waals surface area contributed by atoms with Crippen LogP contribution in [-0.2, 0) is 4.74 Å². The molecule has 1 aromatic heterocycles. The van der Waals surface area contributed by atoms with Crippen LogP contribution in [0.1, 0.15) is 0 Å². The maximum absolute atomic E-state index is 6.10. The highest BCUT2D eigenvalue weighted by Gasteiger charge is 2.16. The number of morpholine rings is 1. The van der Waals surface area contributed by atoms with Crippen molar-refractivity contribution in [1.82, 2.24) is 4.98 Å². The van der Waals surface area contributed by atoms with Crippen LogP contribution in [0, 0.1) is 0 Å². The van der Waals surface area contributed by atoms with E-state index in [1.807, 2.05) is 26.2 Å². The van der Waals surface area contributed by atoms with Crippen molar-refractivity contribution in [2.24, 2.45) is 0 Å². The summed E-state index contributed by atoms with van der Waals surface area (Å²) in [6, 6.07) is 8.07. The molecule has 5 heteroatoms. The van der Waals surface area contributed by atoms with Crippen molar-refractivity contribution in [3.63, 3.8) is 0 Å². The number of rotatable bonds is 2. The summed E-state index contributed by atoms with van der Waals surface area (Å²) in [6.45, 7) is 3.25. The highest BCUT2D eigenvalue weighted by molar-refractivity contribution is 5.99. The van der Waals surface area contributed by atoms with Crippen LogP contribution >= 0.6 is 0 Å². The first-order valence-electron chi connectivity index (χ1n) is 6.86. The molecule has 0 unspecified atom stereocenters. The minimum Gasteiger partial charge on any atom is -0.397 e. The fraction of sp³-hybridized carbons (Fsp3) is 0.400. The summed E-state index contributed by atoms with van der Waals surface area (Å²) in [7, 11) is 4.09. The van der Waals surface area contributed by atoms with E-state index in [0.29, 0.717) is 0 Å². The molecule has 0 radical (unpaired) electrons. The molecular formula is C15H20N4O. The zero-order valence-corrected chi connectivity index (χ0v) is 12.0. The van der Waals surface area contributed by atoms with Gasteiger partial charge in [-0.25, -0.2) is 4.98 Å². The van der Waals surface area contributed by atoms with Crippen LogP contribution in [-0.4, -0.2) is 45.4 Å². The Balaban J connectivity index is 2.16. The largest absolute Gasteiger partial charge is 0.397 e. The molecule has 1 fully saturated rings. The molecule has 0 bridgehead atoms. The third kappa shape index (κ3) is 2.25. The third-order valence-electron chi connectivity index (χ3n) is 3.65. The van der Waals surface area contributed by atoms with Gasteiger partial charge in [-0.05, 0) is 6.07 Å². The first kappa shape index (κ1) is 13.0. The lowest BCUT2D eigenvalue weighted by Gasteiger charge is -2.29. The van der Waals surface area contributed by atoms with Crippen LogP contribution in [0.4, 0.5) is 17.2 Å². The van der Waals surface area contributed by atoms with Gasteiger partial charge in [0, 0.05) is 44.3 Å². The van der Waals surface area contributed by atoms with Gasteiger partial charge in [-0.15, -0.1) is 0 Å². The Hall–Kier alpha value is -2.01. The van der Waals surface area contributed by atoms with Gasteiger partial charge in [0.05, 0.1) is 24.4 Å². The smallest absolute Gasteiger partial charge is 0.131 e. The van der Waals surface area contributed by atoms with Gasteiger partial charge in [0.1, 0.15) is 5.82 Å². The van der Waals surface area contributed by atoms with Gasteiger partial charge in [-0.1, -0.05) is 12.1 Å². The summed E-state index contributed by atoms with van der Waals surface area (Å²) < 4.78 is 5.41. The van der Waals surface area contributed by atoms with Crippen molar-refractivity contribution in [3.05, 3.63) is 24.3 Å². The average molecular weight is 272 g/mol. The maximum atomic E-state index is 6.10. The van der Waals surface area contributed by atoms with E-state index in [0.717, 1.165) is 54.4 Å². The number of hydrogen-bond donors (Lipinski definition) is 1. The molecule has 0 atom stereocenters. The zero-order chi connectivity index (χ0) is 14.1. The Kier molecular flexibility index (Phi) is 3.36. The molecule has 1 saturated heterocycles. The summed E-state index contributed by atoms with van der Waals surface area (Å²) in [5, 5.41) is 1.09. The zero-order valence-electron chi connectivity index (χ0n) is 12.0. The third-order valence-corrected chi connectivity index (χ3v) is 3.65. The van der Waals surface area contributed by atoms with Crippen molar-refractivity contribution < 1.29 is 4.74 Å². The van der Waals surface area contributed by atoms with Gasteiger partial charge in [0.2, 0.25) is 0 Å². The van der Waals surface area contributed by atoms with Gasteiger partial charge >= 0.3 is 0 Å². The first-order valence-corrected chi connectivity index (χ1v) is 6.86. The first-order chi connectivity index (χ1) is 9.66. The Bertz CT molecular complexity index is 621.